The summed E-state index contributed by atoms with van der Waals surface area (Å²) in [5.74, 6) is 0.478. The van der Waals surface area contributed by atoms with Crippen LogP contribution in [0.15, 0.2) is 0 Å². The summed E-state index contributed by atoms with van der Waals surface area (Å²) >= 11 is 0. The number of nitrogens with one attached hydrogen (secondary N) is 1. The third-order valence-corrected chi connectivity index (χ3v) is 5.18. The van der Waals surface area contributed by atoms with Gasteiger partial charge >= 0.3 is 0 Å². The topological polar surface area (TPSA) is 78.7 Å². The zero-order chi connectivity index (χ0) is 14.3. The molecule has 0 aromatic heterocycles. The second kappa shape index (κ2) is 8.16. The fourth-order valence-corrected chi connectivity index (χ4v) is 3.51. The summed E-state index contributed by atoms with van der Waals surface area (Å²) in [6, 6.07) is 0. The van der Waals surface area contributed by atoms with E-state index in [1.807, 2.05) is 14.1 Å². The van der Waals surface area contributed by atoms with Crippen molar-refractivity contribution < 1.29 is 8.42 Å². The zero-order valence-corrected chi connectivity index (χ0v) is 13.0. The molecule has 0 spiro atoms. The Morgan fingerprint density at radius 3 is 2.42 bits per heavy atom. The molecule has 0 aromatic carbocycles. The highest BCUT2D eigenvalue weighted by Gasteiger charge is 2.26. The van der Waals surface area contributed by atoms with Gasteiger partial charge in [0.15, 0.2) is 0 Å². The van der Waals surface area contributed by atoms with Gasteiger partial charge in [-0.05, 0) is 58.8 Å². The van der Waals surface area contributed by atoms with E-state index < -0.39 is 10.2 Å². The monoisotopic (exact) mass is 292 g/mol. The Labute approximate surface area is 117 Å². The van der Waals surface area contributed by atoms with Crippen molar-refractivity contribution in [3.05, 3.63) is 0 Å². The van der Waals surface area contributed by atoms with Crippen LogP contribution in [0.5, 0.6) is 0 Å². The highest BCUT2D eigenvalue weighted by Crippen LogP contribution is 2.17. The number of nitrogens with zero attached hydrogens (tertiary/aromatic N) is 2. The standard InChI is InChI=1S/C12H28N4O2S/c1-15(2)8-4-3-7-14-19(17,18)16-9-5-12(11-13)6-10-16/h12,14H,3-11,13H2,1-2H3. The van der Waals surface area contributed by atoms with Crippen molar-refractivity contribution in [1.29, 1.82) is 0 Å². The number of hydrogen-bond donors (Lipinski definition) is 2. The molecule has 1 aliphatic heterocycles. The number of nitrogens with two attached hydrogens (primary N) is 1. The van der Waals surface area contributed by atoms with E-state index in [9.17, 15) is 8.42 Å². The Morgan fingerprint density at radius 2 is 1.89 bits per heavy atom. The molecule has 1 aliphatic rings. The quantitative estimate of drug-likeness (QED) is 0.609. The van der Waals surface area contributed by atoms with Crippen LogP contribution in [0.1, 0.15) is 25.7 Å². The van der Waals surface area contributed by atoms with Gasteiger partial charge in [0.05, 0.1) is 0 Å². The van der Waals surface area contributed by atoms with E-state index in [0.29, 0.717) is 32.1 Å². The Bertz CT molecular complexity index is 338. The van der Waals surface area contributed by atoms with Gasteiger partial charge in [-0.3, -0.25) is 0 Å². The lowest BCUT2D eigenvalue weighted by Crippen LogP contribution is -2.46. The Morgan fingerprint density at radius 1 is 1.26 bits per heavy atom. The molecule has 3 N–H and O–H groups in total. The molecule has 1 fully saturated rings. The number of piperidine rings is 1. The molecule has 0 aromatic rings. The van der Waals surface area contributed by atoms with Gasteiger partial charge in [0.25, 0.3) is 10.2 Å². The van der Waals surface area contributed by atoms with Crippen molar-refractivity contribution in [1.82, 2.24) is 13.9 Å². The molecule has 0 saturated carbocycles. The van der Waals surface area contributed by atoms with Gasteiger partial charge in [0, 0.05) is 19.6 Å². The van der Waals surface area contributed by atoms with Crippen molar-refractivity contribution in [2.45, 2.75) is 25.7 Å². The number of hydrogen-bond acceptors (Lipinski definition) is 4. The smallest absolute Gasteiger partial charge is 0.279 e. The third-order valence-electron chi connectivity index (χ3n) is 3.56. The molecule has 19 heavy (non-hydrogen) atoms. The molecular formula is C12H28N4O2S. The Balaban J connectivity index is 2.24. The van der Waals surface area contributed by atoms with Gasteiger partial charge in [0.2, 0.25) is 0 Å². The summed E-state index contributed by atoms with van der Waals surface area (Å²) in [4.78, 5) is 2.10. The lowest BCUT2D eigenvalue weighted by atomic mass is 9.99. The van der Waals surface area contributed by atoms with Crippen molar-refractivity contribution in [2.24, 2.45) is 11.7 Å². The van der Waals surface area contributed by atoms with Gasteiger partial charge in [-0.2, -0.15) is 12.7 Å². The summed E-state index contributed by atoms with van der Waals surface area (Å²) in [5.41, 5.74) is 5.61. The second-order valence-corrected chi connectivity index (χ2v) is 7.24. The predicted molar refractivity (Wildman–Crippen MR) is 78.1 cm³/mol. The van der Waals surface area contributed by atoms with Gasteiger partial charge < -0.3 is 10.6 Å². The lowest BCUT2D eigenvalue weighted by molar-refractivity contribution is 0.275. The first kappa shape index (κ1) is 16.8. The minimum absolute atomic E-state index is 0.478. The molecule has 1 rings (SSSR count). The van der Waals surface area contributed by atoms with Crippen molar-refractivity contribution >= 4 is 10.2 Å². The molecule has 0 unspecified atom stereocenters. The largest absolute Gasteiger partial charge is 0.330 e. The van der Waals surface area contributed by atoms with Crippen molar-refractivity contribution in [3.63, 3.8) is 0 Å². The van der Waals surface area contributed by atoms with E-state index in [4.69, 9.17) is 5.73 Å². The van der Waals surface area contributed by atoms with Crippen LogP contribution in [0.25, 0.3) is 0 Å². The van der Waals surface area contributed by atoms with E-state index in [0.717, 1.165) is 32.2 Å². The maximum Gasteiger partial charge on any atom is 0.279 e. The van der Waals surface area contributed by atoms with Gasteiger partial charge in [0.1, 0.15) is 0 Å². The molecule has 114 valence electrons. The first-order valence-electron chi connectivity index (χ1n) is 7.05. The van der Waals surface area contributed by atoms with Crippen LogP contribution in [0.3, 0.4) is 0 Å². The molecular weight excluding hydrogens is 264 g/mol. The van der Waals surface area contributed by atoms with E-state index >= 15 is 0 Å². The van der Waals surface area contributed by atoms with Gasteiger partial charge in [-0.25, -0.2) is 4.72 Å². The van der Waals surface area contributed by atoms with Crippen LogP contribution in [-0.2, 0) is 10.2 Å². The molecule has 1 heterocycles. The summed E-state index contributed by atoms with van der Waals surface area (Å²) in [6.45, 7) is 3.35. The van der Waals surface area contributed by atoms with Gasteiger partial charge in [-0.15, -0.1) is 0 Å². The Kier molecular flexibility index (Phi) is 7.23. The number of rotatable bonds is 8. The van der Waals surface area contributed by atoms with Crippen LogP contribution >= 0.6 is 0 Å². The van der Waals surface area contributed by atoms with E-state index in [1.165, 1.54) is 0 Å². The highest BCUT2D eigenvalue weighted by molar-refractivity contribution is 7.87. The predicted octanol–water partition coefficient (Wildman–Crippen LogP) is -0.167. The van der Waals surface area contributed by atoms with Crippen LogP contribution in [0.4, 0.5) is 0 Å². The summed E-state index contributed by atoms with van der Waals surface area (Å²) < 4.78 is 28.3. The maximum atomic E-state index is 12.1. The molecule has 1 saturated heterocycles. The minimum Gasteiger partial charge on any atom is -0.330 e. The third kappa shape index (κ3) is 6.18. The molecule has 0 atom stereocenters. The van der Waals surface area contributed by atoms with Crippen molar-refractivity contribution in [3.8, 4) is 0 Å². The van der Waals surface area contributed by atoms with Crippen LogP contribution < -0.4 is 10.5 Å². The molecule has 0 radical (unpaired) electrons. The van der Waals surface area contributed by atoms with Crippen LogP contribution in [-0.4, -0.2) is 64.4 Å². The molecule has 0 aliphatic carbocycles. The summed E-state index contributed by atoms with van der Waals surface area (Å²) in [6.07, 6.45) is 3.62. The lowest BCUT2D eigenvalue weighted by Gasteiger charge is -2.30. The number of unbranched alkanes of at least 4 members (excludes halogenated alkanes) is 1. The first-order valence-corrected chi connectivity index (χ1v) is 8.49. The fourth-order valence-electron chi connectivity index (χ4n) is 2.23. The second-order valence-electron chi connectivity index (χ2n) is 5.49. The average Bonchev–Trinajstić information content (AvgIpc) is 2.38. The van der Waals surface area contributed by atoms with Crippen LogP contribution in [0, 0.1) is 5.92 Å². The van der Waals surface area contributed by atoms with E-state index in [1.54, 1.807) is 4.31 Å². The van der Waals surface area contributed by atoms with E-state index in [-0.39, 0.29) is 0 Å². The molecule has 7 heteroatoms. The normalized spacial score (nSPS) is 19.2. The zero-order valence-electron chi connectivity index (χ0n) is 12.1. The summed E-state index contributed by atoms with van der Waals surface area (Å²) in [7, 11) is 0.752. The fraction of sp³-hybridized carbons (Fsp3) is 1.00. The average molecular weight is 292 g/mol. The minimum atomic E-state index is -3.29. The summed E-state index contributed by atoms with van der Waals surface area (Å²) in [5, 5.41) is 0. The molecule has 0 amide bonds. The molecule has 0 bridgehead atoms. The highest BCUT2D eigenvalue weighted by atomic mass is 32.2. The SMILES string of the molecule is CN(C)CCCCNS(=O)(=O)N1CCC(CN)CC1. The maximum absolute atomic E-state index is 12.1. The van der Waals surface area contributed by atoms with E-state index in [2.05, 4.69) is 9.62 Å². The van der Waals surface area contributed by atoms with Gasteiger partial charge in [-0.1, -0.05) is 0 Å². The molecule has 6 nitrogen and oxygen atoms in total. The van der Waals surface area contributed by atoms with Crippen molar-refractivity contribution in [2.75, 3.05) is 46.8 Å². The van der Waals surface area contributed by atoms with Crippen LogP contribution in [0.2, 0.25) is 0 Å². The Hall–Kier alpha value is -0.210. The first-order chi connectivity index (χ1) is 8.95.